The van der Waals surface area contributed by atoms with E-state index < -0.39 is 11.4 Å². The van der Waals surface area contributed by atoms with E-state index in [1.54, 1.807) is 19.9 Å². The average Bonchev–Trinajstić information content (AvgIpc) is 3.03. The van der Waals surface area contributed by atoms with Gasteiger partial charge in [-0.3, -0.25) is 9.59 Å². The van der Waals surface area contributed by atoms with Gasteiger partial charge < -0.3 is 15.4 Å². The molecule has 0 aliphatic rings. The van der Waals surface area contributed by atoms with Gasteiger partial charge in [-0.2, -0.15) is 0 Å². The molecule has 3 N–H and O–H groups in total. The van der Waals surface area contributed by atoms with Crippen molar-refractivity contribution in [2.75, 3.05) is 6.54 Å². The van der Waals surface area contributed by atoms with E-state index in [-0.39, 0.29) is 24.7 Å². The van der Waals surface area contributed by atoms with Crippen LogP contribution >= 0.6 is 0 Å². The van der Waals surface area contributed by atoms with E-state index in [0.717, 1.165) is 27.7 Å². The third kappa shape index (κ3) is 4.22. The molecule has 28 heavy (non-hydrogen) atoms. The molecule has 0 saturated heterocycles. The molecule has 0 atom stereocenters. The molecule has 0 saturated carbocycles. The van der Waals surface area contributed by atoms with Gasteiger partial charge in [0.25, 0.3) is 0 Å². The zero-order chi connectivity index (χ0) is 20.3. The highest BCUT2D eigenvalue weighted by molar-refractivity contribution is 5.91. The first-order valence-corrected chi connectivity index (χ1v) is 9.13. The smallest absolute Gasteiger partial charge is 0.310 e. The number of aliphatic carboxylic acids is 1. The van der Waals surface area contributed by atoms with E-state index in [4.69, 9.17) is 5.11 Å². The van der Waals surface area contributed by atoms with Gasteiger partial charge in [-0.25, -0.2) is 4.39 Å². The topological polar surface area (TPSA) is 82.2 Å². The molecule has 1 aromatic heterocycles. The first-order valence-electron chi connectivity index (χ1n) is 9.13. The highest BCUT2D eigenvalue weighted by Crippen LogP contribution is 2.31. The Morgan fingerprint density at radius 3 is 2.54 bits per heavy atom. The van der Waals surface area contributed by atoms with Crippen LogP contribution in [0.15, 0.2) is 48.5 Å². The Hall–Kier alpha value is -3.15. The van der Waals surface area contributed by atoms with Gasteiger partial charge in [0.2, 0.25) is 5.91 Å². The second-order valence-corrected chi connectivity index (χ2v) is 7.50. The Kier molecular flexibility index (Phi) is 5.49. The Labute approximate surface area is 162 Å². The van der Waals surface area contributed by atoms with E-state index in [1.807, 2.05) is 30.3 Å². The maximum atomic E-state index is 13.8. The lowest BCUT2D eigenvalue weighted by atomic mass is 9.94. The van der Waals surface area contributed by atoms with Crippen LogP contribution in [0, 0.1) is 11.2 Å². The van der Waals surface area contributed by atoms with Gasteiger partial charge in [0.05, 0.1) is 5.41 Å². The quantitative estimate of drug-likeness (QED) is 0.574. The molecule has 6 heteroatoms. The van der Waals surface area contributed by atoms with Crippen LogP contribution in [0.3, 0.4) is 0 Å². The Morgan fingerprint density at radius 1 is 1.14 bits per heavy atom. The predicted octanol–water partition coefficient (Wildman–Crippen LogP) is 4.13. The van der Waals surface area contributed by atoms with Crippen LogP contribution in [0.1, 0.15) is 25.8 Å². The zero-order valence-corrected chi connectivity index (χ0v) is 15.9. The number of aromatic nitrogens is 1. The summed E-state index contributed by atoms with van der Waals surface area (Å²) in [4.78, 5) is 26.8. The van der Waals surface area contributed by atoms with Crippen molar-refractivity contribution in [1.29, 1.82) is 0 Å². The van der Waals surface area contributed by atoms with Crippen LogP contribution < -0.4 is 5.32 Å². The number of halogens is 1. The van der Waals surface area contributed by atoms with Crippen LogP contribution in [0.4, 0.5) is 4.39 Å². The summed E-state index contributed by atoms with van der Waals surface area (Å²) >= 11 is 0. The Bertz CT molecular complexity index is 1010. The van der Waals surface area contributed by atoms with Crippen molar-refractivity contribution in [2.24, 2.45) is 5.41 Å². The SMILES string of the molecule is CC(C)(CNC(=O)CCc1c(-c2ccccc2)[nH]c2ccc(F)cc12)C(=O)O. The molecule has 2 aromatic carbocycles. The number of fused-ring (bicyclic) bond motifs is 1. The number of benzene rings is 2. The lowest BCUT2D eigenvalue weighted by molar-refractivity contribution is -0.146. The first kappa shape index (κ1) is 19.6. The molecule has 0 radical (unpaired) electrons. The number of H-pyrrole nitrogens is 1. The summed E-state index contributed by atoms with van der Waals surface area (Å²) in [5.41, 5.74) is 2.46. The minimum absolute atomic E-state index is 0.0508. The lowest BCUT2D eigenvalue weighted by Crippen LogP contribution is -2.38. The van der Waals surface area contributed by atoms with Crippen molar-refractivity contribution in [3.63, 3.8) is 0 Å². The van der Waals surface area contributed by atoms with Gasteiger partial charge in [0, 0.05) is 29.6 Å². The largest absolute Gasteiger partial charge is 0.481 e. The van der Waals surface area contributed by atoms with Crippen LogP contribution in [0.2, 0.25) is 0 Å². The number of carboxylic acid groups (broad SMARTS) is 1. The molecule has 0 unspecified atom stereocenters. The summed E-state index contributed by atoms with van der Waals surface area (Å²) in [6.45, 7) is 3.17. The maximum Gasteiger partial charge on any atom is 0.310 e. The number of carbonyl (C=O) groups is 2. The molecule has 1 amide bonds. The molecular formula is C22H23FN2O3. The van der Waals surface area contributed by atoms with Gasteiger partial charge >= 0.3 is 5.97 Å². The van der Waals surface area contributed by atoms with Gasteiger partial charge in [-0.05, 0) is 49.6 Å². The molecule has 0 fully saturated rings. The highest BCUT2D eigenvalue weighted by atomic mass is 19.1. The number of hydrogen-bond acceptors (Lipinski definition) is 2. The van der Waals surface area contributed by atoms with Crippen LogP contribution in [0.25, 0.3) is 22.2 Å². The first-order chi connectivity index (χ1) is 13.3. The average molecular weight is 382 g/mol. The zero-order valence-electron chi connectivity index (χ0n) is 15.9. The van der Waals surface area contributed by atoms with Gasteiger partial charge in [0.15, 0.2) is 0 Å². The van der Waals surface area contributed by atoms with E-state index in [1.165, 1.54) is 12.1 Å². The summed E-state index contributed by atoms with van der Waals surface area (Å²) in [5, 5.41) is 12.6. The van der Waals surface area contributed by atoms with Crippen molar-refractivity contribution in [1.82, 2.24) is 10.3 Å². The summed E-state index contributed by atoms with van der Waals surface area (Å²) in [6, 6.07) is 14.2. The molecule has 0 spiro atoms. The Balaban J connectivity index is 1.83. The summed E-state index contributed by atoms with van der Waals surface area (Å²) < 4.78 is 13.8. The van der Waals surface area contributed by atoms with Crippen molar-refractivity contribution < 1.29 is 19.1 Å². The second kappa shape index (κ2) is 7.84. The number of amides is 1. The van der Waals surface area contributed by atoms with E-state index >= 15 is 0 Å². The third-order valence-electron chi connectivity index (χ3n) is 4.84. The van der Waals surface area contributed by atoms with Crippen molar-refractivity contribution >= 4 is 22.8 Å². The number of carboxylic acids is 1. The minimum atomic E-state index is -1.03. The number of hydrogen-bond donors (Lipinski definition) is 3. The molecule has 0 aliphatic carbocycles. The highest BCUT2D eigenvalue weighted by Gasteiger charge is 2.27. The normalized spacial score (nSPS) is 11.5. The monoisotopic (exact) mass is 382 g/mol. The number of carbonyl (C=O) groups excluding carboxylic acids is 1. The van der Waals surface area contributed by atoms with Crippen molar-refractivity contribution in [3.05, 3.63) is 59.9 Å². The summed E-state index contributed by atoms with van der Waals surface area (Å²) in [7, 11) is 0. The van der Waals surface area contributed by atoms with E-state index in [9.17, 15) is 14.0 Å². The molecule has 0 aliphatic heterocycles. The predicted molar refractivity (Wildman–Crippen MR) is 106 cm³/mol. The molecule has 3 rings (SSSR count). The second-order valence-electron chi connectivity index (χ2n) is 7.50. The fourth-order valence-corrected chi connectivity index (χ4v) is 3.05. The summed E-state index contributed by atoms with van der Waals surface area (Å²) in [5.74, 6) is -1.54. The fraction of sp³-hybridized carbons (Fsp3) is 0.273. The standard InChI is InChI=1S/C22H23FN2O3/c1-22(2,21(27)28)13-24-19(26)11-9-16-17-12-15(23)8-10-18(17)25-20(16)14-6-4-3-5-7-14/h3-8,10,12,25H,9,11,13H2,1-2H3,(H,24,26)(H,27,28). The minimum Gasteiger partial charge on any atom is -0.481 e. The number of aryl methyl sites for hydroxylation is 1. The van der Waals surface area contributed by atoms with Crippen LogP contribution in [0.5, 0.6) is 0 Å². The van der Waals surface area contributed by atoms with E-state index in [2.05, 4.69) is 10.3 Å². The number of rotatable bonds is 7. The maximum absolute atomic E-state index is 13.8. The fourth-order valence-electron chi connectivity index (χ4n) is 3.05. The lowest BCUT2D eigenvalue weighted by Gasteiger charge is -2.19. The van der Waals surface area contributed by atoms with Gasteiger partial charge in [-0.15, -0.1) is 0 Å². The van der Waals surface area contributed by atoms with Crippen molar-refractivity contribution in [2.45, 2.75) is 26.7 Å². The number of aromatic amines is 1. The summed E-state index contributed by atoms with van der Waals surface area (Å²) in [6.07, 6.45) is 0.589. The Morgan fingerprint density at radius 2 is 1.86 bits per heavy atom. The molecule has 5 nitrogen and oxygen atoms in total. The van der Waals surface area contributed by atoms with Gasteiger partial charge in [0.1, 0.15) is 5.82 Å². The molecular weight excluding hydrogens is 359 g/mol. The van der Waals surface area contributed by atoms with E-state index in [0.29, 0.717) is 6.42 Å². The molecule has 146 valence electrons. The number of nitrogens with one attached hydrogen (secondary N) is 2. The van der Waals surface area contributed by atoms with Crippen molar-refractivity contribution in [3.8, 4) is 11.3 Å². The molecule has 0 bridgehead atoms. The molecule has 1 heterocycles. The molecule has 3 aromatic rings. The third-order valence-corrected chi connectivity index (χ3v) is 4.84. The van der Waals surface area contributed by atoms with Crippen LogP contribution in [-0.4, -0.2) is 28.5 Å². The van der Waals surface area contributed by atoms with Crippen LogP contribution in [-0.2, 0) is 16.0 Å². The van der Waals surface area contributed by atoms with Gasteiger partial charge in [-0.1, -0.05) is 30.3 Å².